The van der Waals surface area contributed by atoms with Gasteiger partial charge in [-0.05, 0) is 31.9 Å². The zero-order valence-corrected chi connectivity index (χ0v) is 14.2. The Kier molecular flexibility index (Phi) is 4.65. The fraction of sp³-hybridized carbons (Fsp3) is 0.526. The van der Waals surface area contributed by atoms with Crippen LogP contribution in [0.25, 0.3) is 5.69 Å². The third-order valence-corrected chi connectivity index (χ3v) is 4.97. The first-order chi connectivity index (χ1) is 11.8. The van der Waals surface area contributed by atoms with Crippen LogP contribution in [0.2, 0.25) is 0 Å². The highest BCUT2D eigenvalue weighted by Crippen LogP contribution is 2.23. The summed E-state index contributed by atoms with van der Waals surface area (Å²) >= 11 is 0. The molecule has 2 aliphatic heterocycles. The number of para-hydroxylation sites is 1. The minimum Gasteiger partial charge on any atom is -0.375 e. The molecule has 1 aromatic carbocycles. The van der Waals surface area contributed by atoms with Gasteiger partial charge in [-0.25, -0.2) is 4.98 Å². The lowest BCUT2D eigenvalue weighted by Gasteiger charge is -2.35. The Morgan fingerprint density at radius 1 is 1.12 bits per heavy atom. The van der Waals surface area contributed by atoms with Crippen LogP contribution in [0.3, 0.4) is 0 Å². The van der Waals surface area contributed by atoms with Gasteiger partial charge in [0, 0.05) is 31.9 Å². The summed E-state index contributed by atoms with van der Waals surface area (Å²) < 4.78 is 14.0. The summed E-state index contributed by atoms with van der Waals surface area (Å²) in [5.41, 5.74) is 2.40. The minimum absolute atomic E-state index is 0.204. The van der Waals surface area contributed by atoms with Gasteiger partial charge in [-0.2, -0.15) is 0 Å². The zero-order chi connectivity index (χ0) is 16.4. The number of imidazole rings is 1. The number of hydrogen-bond acceptors (Lipinski definition) is 4. The van der Waals surface area contributed by atoms with Crippen LogP contribution in [0, 0.1) is 6.92 Å². The summed E-state index contributed by atoms with van der Waals surface area (Å²) in [6.45, 7) is 6.51. The van der Waals surface area contributed by atoms with Crippen LogP contribution < -0.4 is 0 Å². The Morgan fingerprint density at radius 2 is 1.96 bits per heavy atom. The molecule has 24 heavy (non-hydrogen) atoms. The van der Waals surface area contributed by atoms with E-state index in [1.807, 2.05) is 12.3 Å². The van der Waals surface area contributed by atoms with Gasteiger partial charge in [-0.3, -0.25) is 9.47 Å². The molecule has 2 fully saturated rings. The van der Waals surface area contributed by atoms with Crippen LogP contribution >= 0.6 is 0 Å². The molecule has 0 bridgehead atoms. The third-order valence-electron chi connectivity index (χ3n) is 4.97. The van der Waals surface area contributed by atoms with E-state index < -0.39 is 0 Å². The molecule has 4 rings (SSSR count). The Morgan fingerprint density at radius 3 is 2.75 bits per heavy atom. The predicted octanol–water partition coefficient (Wildman–Crippen LogP) is 2.56. The van der Waals surface area contributed by atoms with Crippen LogP contribution in [0.4, 0.5) is 0 Å². The highest BCUT2D eigenvalue weighted by molar-refractivity contribution is 5.35. The van der Waals surface area contributed by atoms with E-state index in [9.17, 15) is 0 Å². The molecular weight excluding hydrogens is 302 g/mol. The summed E-state index contributed by atoms with van der Waals surface area (Å²) in [6.07, 6.45) is 4.76. The summed E-state index contributed by atoms with van der Waals surface area (Å²) in [7, 11) is 0. The average Bonchev–Trinajstić information content (AvgIpc) is 3.26. The second kappa shape index (κ2) is 7.05. The Labute approximate surface area is 143 Å². The van der Waals surface area contributed by atoms with E-state index in [1.54, 1.807) is 0 Å². The summed E-state index contributed by atoms with van der Waals surface area (Å²) in [4.78, 5) is 7.00. The van der Waals surface area contributed by atoms with E-state index >= 15 is 0 Å². The molecule has 0 aliphatic carbocycles. The quantitative estimate of drug-likeness (QED) is 0.865. The topological polar surface area (TPSA) is 39.5 Å². The lowest BCUT2D eigenvalue weighted by atomic mass is 10.1. The van der Waals surface area contributed by atoms with Crippen molar-refractivity contribution in [1.29, 1.82) is 0 Å². The van der Waals surface area contributed by atoms with E-state index in [0.717, 1.165) is 51.5 Å². The van der Waals surface area contributed by atoms with Gasteiger partial charge in [-0.15, -0.1) is 0 Å². The molecule has 1 aromatic heterocycles. The van der Waals surface area contributed by atoms with Gasteiger partial charge >= 0.3 is 0 Å². The molecule has 2 saturated heterocycles. The second-order valence-electron chi connectivity index (χ2n) is 6.66. The van der Waals surface area contributed by atoms with Crippen LogP contribution in [0.15, 0.2) is 36.5 Å². The molecule has 2 aliphatic rings. The normalized spacial score (nSPS) is 25.2. The maximum atomic E-state index is 5.96. The first-order valence-electron chi connectivity index (χ1n) is 8.85. The summed E-state index contributed by atoms with van der Waals surface area (Å²) in [5.74, 6) is 1.03. The number of benzene rings is 1. The number of nitrogens with zero attached hydrogens (tertiary/aromatic N) is 3. The lowest BCUT2D eigenvalue weighted by molar-refractivity contribution is -0.0962. The smallest absolute Gasteiger partial charge is 0.110 e. The summed E-state index contributed by atoms with van der Waals surface area (Å²) in [5, 5.41) is 0. The fourth-order valence-corrected chi connectivity index (χ4v) is 3.76. The van der Waals surface area contributed by atoms with Gasteiger partial charge in [0.15, 0.2) is 0 Å². The molecule has 128 valence electrons. The lowest BCUT2D eigenvalue weighted by Crippen LogP contribution is -2.47. The average molecular weight is 327 g/mol. The minimum atomic E-state index is 0.204. The molecule has 0 N–H and O–H groups in total. The second-order valence-corrected chi connectivity index (χ2v) is 6.66. The predicted molar refractivity (Wildman–Crippen MR) is 92.3 cm³/mol. The van der Waals surface area contributed by atoms with Crippen molar-refractivity contribution in [3.8, 4) is 5.69 Å². The van der Waals surface area contributed by atoms with Gasteiger partial charge in [0.2, 0.25) is 0 Å². The zero-order valence-electron chi connectivity index (χ0n) is 14.2. The fourth-order valence-electron chi connectivity index (χ4n) is 3.76. The van der Waals surface area contributed by atoms with Gasteiger partial charge in [0.1, 0.15) is 5.82 Å². The van der Waals surface area contributed by atoms with Crippen molar-refractivity contribution in [3.05, 3.63) is 48.0 Å². The number of rotatable bonds is 4. The first kappa shape index (κ1) is 15.8. The molecule has 0 saturated carbocycles. The van der Waals surface area contributed by atoms with Crippen LogP contribution in [-0.2, 0) is 16.0 Å². The molecule has 3 heterocycles. The number of ether oxygens (including phenoxy) is 2. The van der Waals surface area contributed by atoms with Crippen molar-refractivity contribution < 1.29 is 9.47 Å². The molecular formula is C19H25N3O2. The maximum absolute atomic E-state index is 5.96. The highest BCUT2D eigenvalue weighted by Gasteiger charge is 2.31. The molecule has 5 heteroatoms. The van der Waals surface area contributed by atoms with Crippen molar-refractivity contribution in [2.75, 3.05) is 26.3 Å². The number of morpholine rings is 1. The third kappa shape index (κ3) is 3.24. The Balaban J connectivity index is 1.49. The molecule has 0 spiro atoms. The number of aryl methyl sites for hydroxylation is 1. The highest BCUT2D eigenvalue weighted by atomic mass is 16.5. The first-order valence-corrected chi connectivity index (χ1v) is 8.85. The number of aromatic nitrogens is 2. The van der Waals surface area contributed by atoms with E-state index in [1.165, 1.54) is 11.4 Å². The molecule has 2 aromatic rings. The van der Waals surface area contributed by atoms with Crippen molar-refractivity contribution in [1.82, 2.24) is 14.5 Å². The van der Waals surface area contributed by atoms with Crippen molar-refractivity contribution >= 4 is 0 Å². The maximum Gasteiger partial charge on any atom is 0.110 e. The van der Waals surface area contributed by atoms with E-state index in [0.29, 0.717) is 0 Å². The van der Waals surface area contributed by atoms with Gasteiger partial charge in [-0.1, -0.05) is 18.2 Å². The SMILES string of the molecule is Cc1ncc(CN2CCOC(C3CCCO3)C2)n1-c1ccccc1. The molecule has 2 unspecified atom stereocenters. The van der Waals surface area contributed by atoms with Gasteiger partial charge < -0.3 is 9.47 Å². The Bertz CT molecular complexity index is 665. The van der Waals surface area contributed by atoms with Gasteiger partial charge in [0.05, 0.1) is 30.7 Å². The van der Waals surface area contributed by atoms with E-state index in [-0.39, 0.29) is 12.2 Å². The van der Waals surface area contributed by atoms with Gasteiger partial charge in [0.25, 0.3) is 0 Å². The van der Waals surface area contributed by atoms with Crippen LogP contribution in [-0.4, -0.2) is 53.0 Å². The monoisotopic (exact) mass is 327 g/mol. The van der Waals surface area contributed by atoms with Crippen LogP contribution in [0.1, 0.15) is 24.4 Å². The molecule has 0 amide bonds. The van der Waals surface area contributed by atoms with E-state index in [2.05, 4.69) is 45.6 Å². The van der Waals surface area contributed by atoms with E-state index in [4.69, 9.17) is 9.47 Å². The molecule has 5 nitrogen and oxygen atoms in total. The van der Waals surface area contributed by atoms with Crippen molar-refractivity contribution in [2.45, 2.75) is 38.5 Å². The van der Waals surface area contributed by atoms with Crippen molar-refractivity contribution in [3.63, 3.8) is 0 Å². The molecule has 0 radical (unpaired) electrons. The molecule has 2 atom stereocenters. The largest absolute Gasteiger partial charge is 0.375 e. The Hall–Kier alpha value is -1.69. The number of hydrogen-bond donors (Lipinski definition) is 0. The van der Waals surface area contributed by atoms with Crippen molar-refractivity contribution in [2.24, 2.45) is 0 Å². The van der Waals surface area contributed by atoms with Crippen LogP contribution in [0.5, 0.6) is 0 Å². The standard InChI is InChI=1S/C19H25N3O2/c1-15-20-12-17(22(15)16-6-3-2-4-7-16)13-21-9-11-24-19(14-21)18-8-5-10-23-18/h2-4,6-7,12,18-19H,5,8-11,13-14H2,1H3. The summed E-state index contributed by atoms with van der Waals surface area (Å²) in [6, 6.07) is 10.4.